The third-order valence-electron chi connectivity index (χ3n) is 1.35. The van der Waals surface area contributed by atoms with Crippen LogP contribution in [0.15, 0.2) is 9.98 Å². The summed E-state index contributed by atoms with van der Waals surface area (Å²) in [5, 5.41) is 3.64. The third kappa shape index (κ3) is 3.13. The van der Waals surface area contributed by atoms with Gasteiger partial charge in [-0.1, -0.05) is 11.6 Å². The van der Waals surface area contributed by atoms with Crippen molar-refractivity contribution in [1.29, 1.82) is 0 Å². The van der Waals surface area contributed by atoms with Crippen LogP contribution in [0, 0.1) is 5.62 Å². The van der Waals surface area contributed by atoms with E-state index in [1.165, 1.54) is 13.3 Å². The Labute approximate surface area is 86.0 Å². The molecule has 0 saturated carbocycles. The minimum atomic E-state index is -4.16. The fraction of sp³-hybridized carbons (Fsp3) is 0.400. The maximum absolute atomic E-state index is 10.6. The zero-order chi connectivity index (χ0) is 10.8. The van der Waals surface area contributed by atoms with Crippen LogP contribution in [-0.4, -0.2) is 30.6 Å². The predicted molar refractivity (Wildman–Crippen MR) is 52.3 cm³/mol. The zero-order valence-corrected chi connectivity index (χ0v) is 8.67. The van der Waals surface area contributed by atoms with Crippen molar-refractivity contribution in [2.45, 2.75) is 12.3 Å². The van der Waals surface area contributed by atoms with E-state index in [0.717, 1.165) is 0 Å². The van der Waals surface area contributed by atoms with E-state index in [-0.39, 0.29) is 11.6 Å². The highest BCUT2D eigenvalue weighted by Crippen LogP contribution is 2.06. The van der Waals surface area contributed by atoms with Gasteiger partial charge in [0.25, 0.3) is 15.7 Å². The van der Waals surface area contributed by atoms with Crippen molar-refractivity contribution in [3.63, 3.8) is 0 Å². The van der Waals surface area contributed by atoms with Crippen LogP contribution in [0.1, 0.15) is 6.92 Å². The lowest BCUT2D eigenvalue weighted by Gasteiger charge is -2.14. The Morgan fingerprint density at radius 1 is 1.71 bits per heavy atom. The normalized spacial score (nSPS) is 19.8. The Morgan fingerprint density at radius 3 is 2.86 bits per heavy atom. The molecule has 1 atom stereocenters. The molecule has 1 heterocycles. The average molecular weight is 240 g/mol. The maximum atomic E-state index is 10.6. The van der Waals surface area contributed by atoms with Gasteiger partial charge in [-0.2, -0.15) is 8.42 Å². The molecule has 1 rings (SSSR count). The van der Waals surface area contributed by atoms with Gasteiger partial charge in [0.1, 0.15) is 0 Å². The van der Waals surface area contributed by atoms with Gasteiger partial charge in [0.2, 0.25) is 5.96 Å². The molecule has 0 spiro atoms. The fourth-order valence-electron chi connectivity index (χ4n) is 0.627. The molecule has 1 aliphatic heterocycles. The number of halogens is 1. The first-order chi connectivity index (χ1) is 6.39. The second-order valence-electron chi connectivity index (χ2n) is 2.43. The van der Waals surface area contributed by atoms with E-state index in [1.54, 1.807) is 0 Å². The lowest BCUT2D eigenvalue weighted by atomic mass is 10.7. The summed E-state index contributed by atoms with van der Waals surface area (Å²) in [7, 11) is -4.16. The Bertz CT molecular complexity index is 365. The molecule has 0 amide bonds. The second kappa shape index (κ2) is 4.11. The number of rotatable bonds is 2. The summed E-state index contributed by atoms with van der Waals surface area (Å²) in [5.74, 6) is 0.0128. The van der Waals surface area contributed by atoms with E-state index in [0.29, 0.717) is 0 Å². The van der Waals surface area contributed by atoms with Crippen molar-refractivity contribution in [3.05, 3.63) is 5.62 Å². The predicted octanol–water partition coefficient (Wildman–Crippen LogP) is -0.517. The molecule has 0 aromatic heterocycles. The van der Waals surface area contributed by atoms with Gasteiger partial charge in [0.05, 0.1) is 6.34 Å². The highest BCUT2D eigenvalue weighted by molar-refractivity contribution is 7.86. The van der Waals surface area contributed by atoms with E-state index in [9.17, 15) is 8.42 Å². The number of hydrogen-bond donors (Lipinski definition) is 3. The average Bonchev–Trinajstić information content (AvgIpc) is 2.02. The van der Waals surface area contributed by atoms with Gasteiger partial charge in [-0.25, -0.2) is 9.98 Å². The Morgan fingerprint density at radius 2 is 2.36 bits per heavy atom. The molecule has 0 aromatic carbocycles. The standard InChI is InChI=1S/C5H8ClN4O3S/c1-3(14(11,12)13)9-5-8-2-7-4(6)10-5/h2-3H,1H3,(H,11,12,13)(H2,7,8,9,10). The van der Waals surface area contributed by atoms with Crippen molar-refractivity contribution in [2.24, 2.45) is 9.98 Å². The largest absolute Gasteiger partial charge is 0.336 e. The Balaban J connectivity index is 2.66. The van der Waals surface area contributed by atoms with E-state index < -0.39 is 15.5 Å². The van der Waals surface area contributed by atoms with Crippen molar-refractivity contribution >= 4 is 34.0 Å². The topological polar surface area (TPSA) is 103 Å². The summed E-state index contributed by atoms with van der Waals surface area (Å²) in [6.07, 6.45) is 1.24. The minimum Gasteiger partial charge on any atom is -0.336 e. The van der Waals surface area contributed by atoms with E-state index in [2.05, 4.69) is 20.6 Å². The molecule has 1 unspecified atom stereocenters. The van der Waals surface area contributed by atoms with Crippen LogP contribution in [0.5, 0.6) is 0 Å². The summed E-state index contributed by atoms with van der Waals surface area (Å²) >= 11 is 5.48. The third-order valence-corrected chi connectivity index (χ3v) is 2.56. The summed E-state index contributed by atoms with van der Waals surface area (Å²) in [4.78, 5) is 7.29. The number of guanidine groups is 1. The van der Waals surface area contributed by atoms with E-state index >= 15 is 0 Å². The molecule has 0 aliphatic carbocycles. The van der Waals surface area contributed by atoms with Gasteiger partial charge >= 0.3 is 0 Å². The van der Waals surface area contributed by atoms with Crippen LogP contribution in [0.3, 0.4) is 0 Å². The lowest BCUT2D eigenvalue weighted by molar-refractivity contribution is 0.466. The smallest absolute Gasteiger partial charge is 0.285 e. The van der Waals surface area contributed by atoms with Crippen LogP contribution in [-0.2, 0) is 10.1 Å². The first kappa shape index (κ1) is 11.2. The highest BCUT2D eigenvalue weighted by atomic mass is 35.5. The van der Waals surface area contributed by atoms with Crippen molar-refractivity contribution < 1.29 is 13.0 Å². The van der Waals surface area contributed by atoms with Crippen LogP contribution in [0.4, 0.5) is 0 Å². The number of nitrogens with zero attached hydrogens (tertiary/aromatic N) is 2. The van der Waals surface area contributed by atoms with Crippen LogP contribution < -0.4 is 10.6 Å². The van der Waals surface area contributed by atoms with Gasteiger partial charge in [-0.3, -0.25) is 4.55 Å². The first-order valence-corrected chi connectivity index (χ1v) is 5.41. The molecular weight excluding hydrogens is 232 g/mol. The second-order valence-corrected chi connectivity index (χ2v) is 4.53. The molecule has 0 saturated heterocycles. The van der Waals surface area contributed by atoms with Crippen molar-refractivity contribution in [3.8, 4) is 0 Å². The van der Waals surface area contributed by atoms with Crippen molar-refractivity contribution in [2.75, 3.05) is 0 Å². The summed E-state index contributed by atoms with van der Waals surface area (Å²) < 4.78 is 29.9. The van der Waals surface area contributed by atoms with E-state index in [1.807, 2.05) is 0 Å². The zero-order valence-electron chi connectivity index (χ0n) is 7.10. The number of hydrogen-bond acceptors (Lipinski definition) is 6. The molecule has 0 aromatic rings. The monoisotopic (exact) mass is 239 g/mol. The molecule has 3 N–H and O–H groups in total. The van der Waals surface area contributed by atoms with Gasteiger partial charge in [0, 0.05) is 0 Å². The lowest BCUT2D eigenvalue weighted by Crippen LogP contribution is -2.39. The quantitative estimate of drug-likeness (QED) is 0.445. The summed E-state index contributed by atoms with van der Waals surface area (Å²) in [5.41, 5.74) is 0.0602. The molecule has 14 heavy (non-hydrogen) atoms. The Kier molecular flexibility index (Phi) is 3.29. The molecule has 9 heteroatoms. The van der Waals surface area contributed by atoms with Gasteiger partial charge in [-0.15, -0.1) is 0 Å². The number of aliphatic imine (C=N–C) groups is 2. The Hall–Kier alpha value is -0.860. The molecule has 7 nitrogen and oxygen atoms in total. The maximum Gasteiger partial charge on any atom is 0.285 e. The molecule has 1 aliphatic rings. The van der Waals surface area contributed by atoms with Gasteiger partial charge < -0.3 is 10.6 Å². The fourth-order valence-corrected chi connectivity index (χ4v) is 1.01. The summed E-state index contributed by atoms with van der Waals surface area (Å²) in [6.45, 7) is 1.25. The molecule has 79 valence electrons. The SMILES string of the molecule is CC(NC1=N[C](Cl)NC=N1)S(=O)(=O)O. The van der Waals surface area contributed by atoms with Crippen LogP contribution in [0.25, 0.3) is 0 Å². The van der Waals surface area contributed by atoms with E-state index in [4.69, 9.17) is 16.2 Å². The van der Waals surface area contributed by atoms with Crippen LogP contribution in [0.2, 0.25) is 0 Å². The minimum absolute atomic E-state index is 0.0128. The molecule has 0 fully saturated rings. The number of nitrogens with one attached hydrogen (secondary N) is 2. The molecule has 0 bridgehead atoms. The summed E-state index contributed by atoms with van der Waals surface area (Å²) in [6, 6.07) is 0. The van der Waals surface area contributed by atoms with Gasteiger partial charge in [0.15, 0.2) is 5.37 Å². The first-order valence-electron chi connectivity index (χ1n) is 3.52. The molecular formula is C5H8ClN4O3S. The van der Waals surface area contributed by atoms with Gasteiger partial charge in [-0.05, 0) is 6.92 Å². The van der Waals surface area contributed by atoms with Crippen molar-refractivity contribution in [1.82, 2.24) is 10.6 Å². The highest BCUT2D eigenvalue weighted by Gasteiger charge is 2.19. The van der Waals surface area contributed by atoms with Crippen LogP contribution >= 0.6 is 11.6 Å². The molecule has 1 radical (unpaired) electrons.